The first-order chi connectivity index (χ1) is 8.81. The molecule has 2 rings (SSSR count). The summed E-state index contributed by atoms with van der Waals surface area (Å²) in [6.07, 6.45) is 1.33. The molecule has 1 fully saturated rings. The molecule has 1 heterocycles. The lowest BCUT2D eigenvalue weighted by Crippen LogP contribution is -2.26. The van der Waals surface area contributed by atoms with Gasteiger partial charge in [-0.3, -0.25) is 0 Å². The van der Waals surface area contributed by atoms with Gasteiger partial charge in [0.05, 0.1) is 7.11 Å². The van der Waals surface area contributed by atoms with E-state index in [0.717, 1.165) is 24.8 Å². The Bertz CT molecular complexity index is 367. The van der Waals surface area contributed by atoms with Crippen LogP contribution in [0.25, 0.3) is 0 Å². The zero-order valence-corrected chi connectivity index (χ0v) is 11.5. The van der Waals surface area contributed by atoms with Crippen molar-refractivity contribution in [1.82, 2.24) is 10.2 Å². The van der Waals surface area contributed by atoms with Gasteiger partial charge in [0.15, 0.2) is 0 Å². The van der Waals surface area contributed by atoms with Crippen molar-refractivity contribution in [2.45, 2.75) is 19.9 Å². The molecule has 3 nitrogen and oxygen atoms in total. The molecule has 100 valence electrons. The highest BCUT2D eigenvalue weighted by molar-refractivity contribution is 5.28. The van der Waals surface area contributed by atoms with Gasteiger partial charge >= 0.3 is 0 Å². The second-order valence-electron chi connectivity index (χ2n) is 5.03. The Morgan fingerprint density at radius 2 is 2.33 bits per heavy atom. The molecule has 1 aliphatic rings. The third-order valence-electron chi connectivity index (χ3n) is 3.71. The zero-order chi connectivity index (χ0) is 12.8. The van der Waals surface area contributed by atoms with Gasteiger partial charge in [0.2, 0.25) is 0 Å². The van der Waals surface area contributed by atoms with E-state index in [1.165, 1.54) is 31.6 Å². The van der Waals surface area contributed by atoms with E-state index in [2.05, 4.69) is 29.3 Å². The minimum atomic E-state index is 0.815. The molecule has 1 aromatic carbocycles. The third-order valence-corrected chi connectivity index (χ3v) is 3.71. The lowest BCUT2D eigenvalue weighted by molar-refractivity contribution is 0.339. The third kappa shape index (κ3) is 3.72. The molecule has 0 aromatic heterocycles. The van der Waals surface area contributed by atoms with Crippen molar-refractivity contribution in [3.05, 3.63) is 29.8 Å². The van der Waals surface area contributed by atoms with Gasteiger partial charge in [-0.2, -0.15) is 0 Å². The molecule has 1 aromatic rings. The van der Waals surface area contributed by atoms with Gasteiger partial charge in [-0.15, -0.1) is 0 Å². The number of nitrogens with one attached hydrogen (secondary N) is 1. The lowest BCUT2D eigenvalue weighted by atomic mass is 10.1. The van der Waals surface area contributed by atoms with E-state index >= 15 is 0 Å². The van der Waals surface area contributed by atoms with Crippen molar-refractivity contribution >= 4 is 0 Å². The number of nitrogens with zero attached hydrogens (tertiary/aromatic N) is 1. The monoisotopic (exact) mass is 248 g/mol. The predicted octanol–water partition coefficient (Wildman–Crippen LogP) is 2.13. The quantitative estimate of drug-likeness (QED) is 0.834. The van der Waals surface area contributed by atoms with Crippen molar-refractivity contribution in [2.75, 3.05) is 33.3 Å². The van der Waals surface area contributed by atoms with Crippen LogP contribution in [0.2, 0.25) is 0 Å². The number of methoxy groups -OCH3 is 1. The Morgan fingerprint density at radius 1 is 1.44 bits per heavy atom. The summed E-state index contributed by atoms with van der Waals surface area (Å²) in [6, 6.07) is 8.27. The number of hydrogen-bond donors (Lipinski definition) is 1. The fourth-order valence-electron chi connectivity index (χ4n) is 2.57. The molecule has 0 amide bonds. The second-order valence-corrected chi connectivity index (χ2v) is 5.03. The SMILES string of the molecule is CCN1CC[C@H](CNCc2cccc(OC)c2)C1. The van der Waals surface area contributed by atoms with Crippen molar-refractivity contribution in [3.63, 3.8) is 0 Å². The van der Waals surface area contributed by atoms with Gasteiger partial charge in [0, 0.05) is 13.1 Å². The molecule has 1 aliphatic heterocycles. The number of ether oxygens (including phenoxy) is 1. The Hall–Kier alpha value is -1.06. The van der Waals surface area contributed by atoms with Gasteiger partial charge in [0.25, 0.3) is 0 Å². The highest BCUT2D eigenvalue weighted by Gasteiger charge is 2.20. The van der Waals surface area contributed by atoms with E-state index in [0.29, 0.717) is 0 Å². The van der Waals surface area contributed by atoms with Crippen LogP contribution in [0.4, 0.5) is 0 Å². The first kappa shape index (κ1) is 13.4. The van der Waals surface area contributed by atoms with Gasteiger partial charge in [-0.25, -0.2) is 0 Å². The first-order valence-electron chi connectivity index (χ1n) is 6.87. The summed E-state index contributed by atoms with van der Waals surface area (Å²) in [5.74, 6) is 1.75. The number of hydrogen-bond acceptors (Lipinski definition) is 3. The van der Waals surface area contributed by atoms with Crippen LogP contribution in [0.15, 0.2) is 24.3 Å². The van der Waals surface area contributed by atoms with E-state index < -0.39 is 0 Å². The summed E-state index contributed by atoms with van der Waals surface area (Å²) in [4.78, 5) is 2.53. The van der Waals surface area contributed by atoms with Gasteiger partial charge < -0.3 is 15.0 Å². The van der Waals surface area contributed by atoms with Crippen LogP contribution in [0.5, 0.6) is 5.75 Å². The summed E-state index contributed by atoms with van der Waals surface area (Å²) in [6.45, 7) is 8.00. The normalized spacial score (nSPS) is 20.2. The van der Waals surface area contributed by atoms with E-state index in [1.54, 1.807) is 7.11 Å². The lowest BCUT2D eigenvalue weighted by Gasteiger charge is -2.14. The van der Waals surface area contributed by atoms with Crippen LogP contribution < -0.4 is 10.1 Å². The Labute approximate surface area is 110 Å². The standard InChI is InChI=1S/C15H24N2O/c1-3-17-8-7-14(12-17)11-16-10-13-5-4-6-15(9-13)18-2/h4-6,9,14,16H,3,7-8,10-12H2,1-2H3/t14-/m1/s1. The molecule has 0 radical (unpaired) electrons. The Kier molecular flexibility index (Phi) is 5.02. The fraction of sp³-hybridized carbons (Fsp3) is 0.600. The topological polar surface area (TPSA) is 24.5 Å². The molecule has 18 heavy (non-hydrogen) atoms. The van der Waals surface area contributed by atoms with E-state index in [9.17, 15) is 0 Å². The molecule has 1 saturated heterocycles. The molecular formula is C15H24N2O. The summed E-state index contributed by atoms with van der Waals surface area (Å²) >= 11 is 0. The number of likely N-dealkylation sites (tertiary alicyclic amines) is 1. The van der Waals surface area contributed by atoms with Crippen LogP contribution in [0, 0.1) is 5.92 Å². The number of benzene rings is 1. The van der Waals surface area contributed by atoms with Crippen LogP contribution in [-0.4, -0.2) is 38.2 Å². The molecular weight excluding hydrogens is 224 g/mol. The van der Waals surface area contributed by atoms with Crippen LogP contribution in [0.1, 0.15) is 18.9 Å². The first-order valence-corrected chi connectivity index (χ1v) is 6.87. The Morgan fingerprint density at radius 3 is 3.06 bits per heavy atom. The molecule has 0 aliphatic carbocycles. The second kappa shape index (κ2) is 6.76. The summed E-state index contributed by atoms with van der Waals surface area (Å²) in [5.41, 5.74) is 1.29. The van der Waals surface area contributed by atoms with Crippen LogP contribution in [-0.2, 0) is 6.54 Å². The smallest absolute Gasteiger partial charge is 0.119 e. The van der Waals surface area contributed by atoms with E-state index in [-0.39, 0.29) is 0 Å². The van der Waals surface area contributed by atoms with Gasteiger partial charge in [0.1, 0.15) is 5.75 Å². The van der Waals surface area contributed by atoms with Crippen molar-refractivity contribution in [1.29, 1.82) is 0 Å². The highest BCUT2D eigenvalue weighted by Crippen LogP contribution is 2.15. The van der Waals surface area contributed by atoms with Gasteiger partial charge in [-0.05, 0) is 49.7 Å². The number of rotatable bonds is 6. The molecule has 1 atom stereocenters. The molecule has 0 unspecified atom stereocenters. The minimum Gasteiger partial charge on any atom is -0.497 e. The average molecular weight is 248 g/mol. The van der Waals surface area contributed by atoms with Crippen molar-refractivity contribution < 1.29 is 4.74 Å². The summed E-state index contributed by atoms with van der Waals surface area (Å²) in [7, 11) is 1.71. The van der Waals surface area contributed by atoms with E-state index in [1.807, 2.05) is 12.1 Å². The van der Waals surface area contributed by atoms with Crippen molar-refractivity contribution in [2.24, 2.45) is 5.92 Å². The summed E-state index contributed by atoms with van der Waals surface area (Å²) < 4.78 is 5.23. The minimum absolute atomic E-state index is 0.815. The maximum atomic E-state index is 5.23. The largest absolute Gasteiger partial charge is 0.497 e. The molecule has 0 spiro atoms. The van der Waals surface area contributed by atoms with Gasteiger partial charge in [-0.1, -0.05) is 19.1 Å². The molecule has 1 N–H and O–H groups in total. The average Bonchev–Trinajstić information content (AvgIpc) is 2.87. The fourth-order valence-corrected chi connectivity index (χ4v) is 2.57. The molecule has 0 bridgehead atoms. The summed E-state index contributed by atoms with van der Waals surface area (Å²) in [5, 5.41) is 3.56. The van der Waals surface area contributed by atoms with Crippen LogP contribution in [0.3, 0.4) is 0 Å². The zero-order valence-electron chi connectivity index (χ0n) is 11.5. The maximum absolute atomic E-state index is 5.23. The predicted molar refractivity (Wildman–Crippen MR) is 74.9 cm³/mol. The highest BCUT2D eigenvalue weighted by atomic mass is 16.5. The van der Waals surface area contributed by atoms with Crippen LogP contribution >= 0.6 is 0 Å². The van der Waals surface area contributed by atoms with Crippen molar-refractivity contribution in [3.8, 4) is 5.75 Å². The molecule has 3 heteroatoms. The molecule has 0 saturated carbocycles. The van der Waals surface area contributed by atoms with E-state index in [4.69, 9.17) is 4.74 Å². The Balaban J connectivity index is 1.72. The maximum Gasteiger partial charge on any atom is 0.119 e.